The van der Waals surface area contributed by atoms with Crippen molar-refractivity contribution >= 4 is 17.7 Å². The van der Waals surface area contributed by atoms with Crippen LogP contribution < -0.4 is 10.6 Å². The van der Waals surface area contributed by atoms with Crippen LogP contribution in [0.15, 0.2) is 35.5 Å². The van der Waals surface area contributed by atoms with Crippen LogP contribution >= 0.6 is 0 Å². The second kappa shape index (κ2) is 9.51. The molecule has 2 N–H and O–H groups in total. The minimum Gasteiger partial charge on any atom is -0.463 e. The van der Waals surface area contributed by atoms with Gasteiger partial charge in [-0.15, -0.1) is 0 Å². The van der Waals surface area contributed by atoms with Crippen LogP contribution in [-0.2, 0) is 9.53 Å². The Kier molecular flexibility index (Phi) is 6.82. The van der Waals surface area contributed by atoms with Gasteiger partial charge >= 0.3 is 12.0 Å². The van der Waals surface area contributed by atoms with Crippen molar-refractivity contribution in [2.45, 2.75) is 38.6 Å². The van der Waals surface area contributed by atoms with Gasteiger partial charge in [-0.1, -0.05) is 25.0 Å². The molecule has 0 saturated carbocycles. The van der Waals surface area contributed by atoms with E-state index in [-0.39, 0.29) is 17.9 Å². The molecule has 29 heavy (non-hydrogen) atoms. The van der Waals surface area contributed by atoms with Gasteiger partial charge in [0.2, 0.25) is 0 Å². The maximum Gasteiger partial charge on any atom is 0.338 e. The van der Waals surface area contributed by atoms with E-state index in [4.69, 9.17) is 4.74 Å². The second-order valence-corrected chi connectivity index (χ2v) is 7.19. The van der Waals surface area contributed by atoms with Crippen molar-refractivity contribution in [1.82, 2.24) is 15.5 Å². The predicted octanol–water partition coefficient (Wildman–Crippen LogP) is 2.64. The van der Waals surface area contributed by atoms with Gasteiger partial charge in [0.1, 0.15) is 0 Å². The van der Waals surface area contributed by atoms with Gasteiger partial charge in [-0.25, -0.2) is 9.59 Å². The van der Waals surface area contributed by atoms with E-state index in [2.05, 4.69) is 15.5 Å². The van der Waals surface area contributed by atoms with Crippen LogP contribution in [0.5, 0.6) is 0 Å². The normalized spacial score (nSPS) is 20.4. The van der Waals surface area contributed by atoms with Crippen molar-refractivity contribution in [1.29, 1.82) is 0 Å². The summed E-state index contributed by atoms with van der Waals surface area (Å²) >= 11 is 0. The molecule has 2 aliphatic heterocycles. The van der Waals surface area contributed by atoms with Gasteiger partial charge < -0.3 is 15.4 Å². The molecule has 1 saturated heterocycles. The van der Waals surface area contributed by atoms with Crippen LogP contribution in [0.25, 0.3) is 0 Å². The first kappa shape index (κ1) is 20.8. The standard InChI is InChI=1S/C20H26N4O5/c1-2-29-19(25)17-16(13-23-10-5-3-4-6-11-23)21-20(26)22-18(17)14-8-7-9-15(12-14)24(27)28/h7-9,12,18H,2-6,10-11,13H2,1H3,(H2,21,22,26)/t18-/m0/s1. The van der Waals surface area contributed by atoms with Gasteiger partial charge in [-0.3, -0.25) is 15.0 Å². The number of benzene rings is 1. The Morgan fingerprint density at radius 1 is 1.28 bits per heavy atom. The lowest BCUT2D eigenvalue weighted by Gasteiger charge is -2.31. The summed E-state index contributed by atoms with van der Waals surface area (Å²) in [6.45, 7) is 4.11. The molecule has 9 heteroatoms. The molecule has 2 aliphatic rings. The topological polar surface area (TPSA) is 114 Å². The number of ether oxygens (including phenoxy) is 1. The monoisotopic (exact) mass is 402 g/mol. The molecule has 9 nitrogen and oxygen atoms in total. The molecule has 0 aromatic heterocycles. The summed E-state index contributed by atoms with van der Waals surface area (Å²) in [5, 5.41) is 16.7. The Bertz CT molecular complexity index is 815. The smallest absolute Gasteiger partial charge is 0.338 e. The third-order valence-electron chi connectivity index (χ3n) is 5.14. The molecular formula is C20H26N4O5. The van der Waals surface area contributed by atoms with Crippen LogP contribution in [-0.4, -0.2) is 48.1 Å². The Morgan fingerprint density at radius 2 is 2.00 bits per heavy atom. The van der Waals surface area contributed by atoms with Crippen molar-refractivity contribution in [2.75, 3.05) is 26.2 Å². The summed E-state index contributed by atoms with van der Waals surface area (Å²) in [5.41, 5.74) is 1.14. The number of likely N-dealkylation sites (tertiary alicyclic amines) is 1. The van der Waals surface area contributed by atoms with Gasteiger partial charge in [0, 0.05) is 24.4 Å². The Balaban J connectivity index is 2.00. The molecule has 0 bridgehead atoms. The quantitative estimate of drug-likeness (QED) is 0.430. The zero-order chi connectivity index (χ0) is 20.8. The highest BCUT2D eigenvalue weighted by molar-refractivity contribution is 5.95. The first-order valence-corrected chi connectivity index (χ1v) is 9.94. The molecule has 1 aromatic rings. The lowest BCUT2D eigenvalue weighted by atomic mass is 9.94. The first-order valence-electron chi connectivity index (χ1n) is 9.94. The second-order valence-electron chi connectivity index (χ2n) is 7.19. The molecule has 0 aliphatic carbocycles. The molecule has 0 spiro atoms. The summed E-state index contributed by atoms with van der Waals surface area (Å²) in [4.78, 5) is 38.0. The molecule has 1 fully saturated rings. The molecule has 0 unspecified atom stereocenters. The van der Waals surface area contributed by atoms with Crippen molar-refractivity contribution < 1.29 is 19.2 Å². The van der Waals surface area contributed by atoms with Gasteiger partial charge in [0.05, 0.1) is 23.1 Å². The van der Waals surface area contributed by atoms with Crippen molar-refractivity contribution in [3.05, 3.63) is 51.2 Å². The van der Waals surface area contributed by atoms with Gasteiger partial charge in [-0.05, 0) is 38.4 Å². The Morgan fingerprint density at radius 3 is 2.66 bits per heavy atom. The number of hydrogen-bond acceptors (Lipinski definition) is 6. The average molecular weight is 402 g/mol. The number of esters is 1. The third kappa shape index (κ3) is 5.11. The fourth-order valence-electron chi connectivity index (χ4n) is 3.78. The molecule has 1 atom stereocenters. The number of nitro groups is 1. The number of carbonyl (C=O) groups excluding carboxylic acids is 2. The largest absolute Gasteiger partial charge is 0.463 e. The molecule has 2 heterocycles. The SMILES string of the molecule is CCOC(=O)C1=C(CN2CCCCCC2)NC(=O)N[C@H]1c1cccc([N+](=O)[O-])c1. The highest BCUT2D eigenvalue weighted by atomic mass is 16.6. The van der Waals surface area contributed by atoms with Crippen LogP contribution in [0.2, 0.25) is 0 Å². The first-order chi connectivity index (χ1) is 14.0. The van der Waals surface area contributed by atoms with Crippen LogP contribution in [0.1, 0.15) is 44.2 Å². The molecule has 1 aromatic carbocycles. The lowest BCUT2D eigenvalue weighted by molar-refractivity contribution is -0.384. The molecular weight excluding hydrogens is 376 g/mol. The van der Waals surface area contributed by atoms with E-state index < -0.39 is 23.0 Å². The van der Waals surface area contributed by atoms with Crippen LogP contribution in [0.4, 0.5) is 10.5 Å². The minimum atomic E-state index is -0.815. The molecule has 3 rings (SSSR count). The number of amides is 2. The molecule has 0 radical (unpaired) electrons. The average Bonchev–Trinajstić information content (AvgIpc) is 2.96. The maximum atomic E-state index is 12.8. The van der Waals surface area contributed by atoms with Gasteiger partial charge in [0.25, 0.3) is 5.69 Å². The number of non-ortho nitro benzene ring substituents is 1. The van der Waals surface area contributed by atoms with E-state index >= 15 is 0 Å². The highest BCUT2D eigenvalue weighted by Crippen LogP contribution is 2.30. The zero-order valence-electron chi connectivity index (χ0n) is 16.5. The summed E-state index contributed by atoms with van der Waals surface area (Å²) in [6.07, 6.45) is 4.49. The Labute approximate surface area is 169 Å². The van der Waals surface area contributed by atoms with Gasteiger partial charge in [-0.2, -0.15) is 0 Å². The fraction of sp³-hybridized carbons (Fsp3) is 0.500. The summed E-state index contributed by atoms with van der Waals surface area (Å²) in [6, 6.07) is 4.69. The predicted molar refractivity (Wildman–Crippen MR) is 106 cm³/mol. The molecule has 156 valence electrons. The summed E-state index contributed by atoms with van der Waals surface area (Å²) in [5.74, 6) is -0.540. The van der Waals surface area contributed by atoms with Crippen LogP contribution in [0.3, 0.4) is 0 Å². The minimum absolute atomic E-state index is 0.104. The van der Waals surface area contributed by atoms with E-state index in [9.17, 15) is 19.7 Å². The lowest BCUT2D eigenvalue weighted by Crippen LogP contribution is -2.48. The number of nitrogens with one attached hydrogen (secondary N) is 2. The number of carbonyl (C=O) groups is 2. The third-order valence-corrected chi connectivity index (χ3v) is 5.14. The summed E-state index contributed by atoms with van der Waals surface area (Å²) < 4.78 is 5.25. The van der Waals surface area contributed by atoms with E-state index in [1.807, 2.05) is 0 Å². The molecule has 2 amide bonds. The van der Waals surface area contributed by atoms with Crippen molar-refractivity contribution in [2.24, 2.45) is 0 Å². The number of nitrogens with zero attached hydrogens (tertiary/aromatic N) is 2. The fourth-order valence-corrected chi connectivity index (χ4v) is 3.78. The van der Waals surface area contributed by atoms with Crippen molar-refractivity contribution in [3.63, 3.8) is 0 Å². The Hall–Kier alpha value is -2.94. The van der Waals surface area contributed by atoms with E-state index in [0.717, 1.165) is 25.9 Å². The van der Waals surface area contributed by atoms with E-state index in [1.54, 1.807) is 19.1 Å². The number of rotatable bonds is 6. The number of nitro benzene ring substituents is 1. The van der Waals surface area contributed by atoms with E-state index in [0.29, 0.717) is 17.8 Å². The highest BCUT2D eigenvalue weighted by Gasteiger charge is 2.35. The van der Waals surface area contributed by atoms with Gasteiger partial charge in [0.15, 0.2) is 0 Å². The van der Waals surface area contributed by atoms with Crippen molar-refractivity contribution in [3.8, 4) is 0 Å². The zero-order valence-corrected chi connectivity index (χ0v) is 16.5. The van der Waals surface area contributed by atoms with Crippen LogP contribution in [0, 0.1) is 10.1 Å². The maximum absolute atomic E-state index is 12.8. The summed E-state index contributed by atoms with van der Waals surface area (Å²) in [7, 11) is 0. The number of urea groups is 1. The number of hydrogen-bond donors (Lipinski definition) is 2. The van der Waals surface area contributed by atoms with E-state index in [1.165, 1.54) is 25.0 Å².